The van der Waals surface area contributed by atoms with E-state index in [1.807, 2.05) is 20.8 Å². The second kappa shape index (κ2) is 3.01. The number of amides is 1. The molecular formula is C7H15NO2. The molecule has 0 aromatic carbocycles. The van der Waals surface area contributed by atoms with E-state index >= 15 is 0 Å². The number of hydroxylamine groups is 1. The van der Waals surface area contributed by atoms with E-state index < -0.39 is 0 Å². The normalized spacial score (nSPS) is 14.5. The Kier molecular flexibility index (Phi) is 2.84. The van der Waals surface area contributed by atoms with Gasteiger partial charge in [0.05, 0.1) is 0 Å². The summed E-state index contributed by atoms with van der Waals surface area (Å²) >= 11 is 0. The molecule has 0 saturated heterocycles. The second-order valence-electron chi connectivity index (χ2n) is 3.56. The van der Waals surface area contributed by atoms with E-state index in [2.05, 4.69) is 0 Å². The lowest BCUT2D eigenvalue weighted by Gasteiger charge is -2.24. The lowest BCUT2D eigenvalue weighted by atomic mass is 9.82. The Morgan fingerprint density at radius 1 is 1.50 bits per heavy atom. The van der Waals surface area contributed by atoms with E-state index in [9.17, 15) is 4.79 Å². The molecule has 3 nitrogen and oxygen atoms in total. The van der Waals surface area contributed by atoms with Crippen molar-refractivity contribution in [3.8, 4) is 0 Å². The minimum atomic E-state index is -0.326. The van der Waals surface area contributed by atoms with Crippen LogP contribution in [0, 0.1) is 11.3 Å². The van der Waals surface area contributed by atoms with Crippen LogP contribution in [0.3, 0.4) is 0 Å². The highest BCUT2D eigenvalue weighted by Gasteiger charge is 2.26. The third kappa shape index (κ3) is 2.35. The number of carbonyl (C=O) groups is 1. The summed E-state index contributed by atoms with van der Waals surface area (Å²) in [5.74, 6) is -0.495. The molecule has 0 bridgehead atoms. The number of rotatable bonds is 1. The summed E-state index contributed by atoms with van der Waals surface area (Å²) in [5.41, 5.74) is 1.54. The molecule has 1 atom stereocenters. The first-order valence-corrected chi connectivity index (χ1v) is 3.33. The number of hydrogen-bond donors (Lipinski definition) is 2. The van der Waals surface area contributed by atoms with E-state index in [0.717, 1.165) is 0 Å². The summed E-state index contributed by atoms with van der Waals surface area (Å²) in [6, 6.07) is 0. The quantitative estimate of drug-likeness (QED) is 0.430. The van der Waals surface area contributed by atoms with Crippen LogP contribution in [-0.4, -0.2) is 11.1 Å². The van der Waals surface area contributed by atoms with Gasteiger partial charge in [0, 0.05) is 5.92 Å². The summed E-state index contributed by atoms with van der Waals surface area (Å²) in [4.78, 5) is 10.8. The van der Waals surface area contributed by atoms with E-state index in [-0.39, 0.29) is 17.2 Å². The largest absolute Gasteiger partial charge is 0.289 e. The fourth-order valence-electron chi connectivity index (χ4n) is 0.490. The predicted molar refractivity (Wildman–Crippen MR) is 38.5 cm³/mol. The van der Waals surface area contributed by atoms with Crippen LogP contribution in [0.5, 0.6) is 0 Å². The zero-order chi connectivity index (χ0) is 8.36. The van der Waals surface area contributed by atoms with Gasteiger partial charge in [0.1, 0.15) is 0 Å². The SMILES string of the molecule is CC(C(=O)NO)C(C)(C)C. The standard InChI is InChI=1S/C7H15NO2/c1-5(6(9)8-10)7(2,3)4/h5,10H,1-4H3,(H,8,9). The molecule has 0 heterocycles. The first-order valence-electron chi connectivity index (χ1n) is 3.33. The van der Waals surface area contributed by atoms with Crippen molar-refractivity contribution >= 4 is 5.91 Å². The van der Waals surface area contributed by atoms with Gasteiger partial charge in [-0.3, -0.25) is 10.0 Å². The monoisotopic (exact) mass is 145 g/mol. The van der Waals surface area contributed by atoms with E-state index in [0.29, 0.717) is 0 Å². The van der Waals surface area contributed by atoms with Gasteiger partial charge in [0.15, 0.2) is 0 Å². The summed E-state index contributed by atoms with van der Waals surface area (Å²) in [6.45, 7) is 7.64. The molecule has 2 N–H and O–H groups in total. The van der Waals surface area contributed by atoms with Crippen LogP contribution < -0.4 is 5.48 Å². The lowest BCUT2D eigenvalue weighted by molar-refractivity contribution is -0.136. The van der Waals surface area contributed by atoms with Crippen LogP contribution in [0.1, 0.15) is 27.7 Å². The predicted octanol–water partition coefficient (Wildman–Crippen LogP) is 1.17. The Labute approximate surface area is 61.4 Å². The Balaban J connectivity index is 4.08. The number of hydrogen-bond acceptors (Lipinski definition) is 2. The van der Waals surface area contributed by atoms with Crippen LogP contribution in [-0.2, 0) is 4.79 Å². The van der Waals surface area contributed by atoms with Crippen molar-refractivity contribution in [2.75, 3.05) is 0 Å². The zero-order valence-electron chi connectivity index (χ0n) is 6.93. The fraction of sp³-hybridized carbons (Fsp3) is 0.857. The maximum atomic E-state index is 10.8. The molecule has 0 saturated carbocycles. The van der Waals surface area contributed by atoms with Gasteiger partial charge >= 0.3 is 0 Å². The van der Waals surface area contributed by atoms with Gasteiger partial charge in [-0.25, -0.2) is 5.48 Å². The molecule has 3 heteroatoms. The Bertz CT molecular complexity index is 126. The summed E-state index contributed by atoms with van der Waals surface area (Å²) < 4.78 is 0. The third-order valence-electron chi connectivity index (χ3n) is 1.80. The third-order valence-corrected chi connectivity index (χ3v) is 1.80. The van der Waals surface area contributed by atoms with Crippen LogP contribution in [0.15, 0.2) is 0 Å². The van der Waals surface area contributed by atoms with E-state index in [1.54, 1.807) is 12.4 Å². The molecule has 10 heavy (non-hydrogen) atoms. The van der Waals surface area contributed by atoms with Crippen molar-refractivity contribution in [1.82, 2.24) is 5.48 Å². The maximum absolute atomic E-state index is 10.8. The summed E-state index contributed by atoms with van der Waals surface area (Å²) in [6.07, 6.45) is 0. The van der Waals surface area contributed by atoms with Crippen molar-refractivity contribution < 1.29 is 10.0 Å². The topological polar surface area (TPSA) is 49.3 Å². The minimum Gasteiger partial charge on any atom is -0.289 e. The van der Waals surface area contributed by atoms with Gasteiger partial charge < -0.3 is 0 Å². The van der Waals surface area contributed by atoms with Crippen LogP contribution >= 0.6 is 0 Å². The lowest BCUT2D eigenvalue weighted by Crippen LogP contribution is -2.34. The van der Waals surface area contributed by atoms with Gasteiger partial charge in [-0.15, -0.1) is 0 Å². The highest BCUT2D eigenvalue weighted by Crippen LogP contribution is 2.24. The molecule has 1 amide bonds. The van der Waals surface area contributed by atoms with Crippen LogP contribution in [0.2, 0.25) is 0 Å². The van der Waals surface area contributed by atoms with Gasteiger partial charge in [-0.2, -0.15) is 0 Å². The van der Waals surface area contributed by atoms with Crippen molar-refractivity contribution in [1.29, 1.82) is 0 Å². The highest BCUT2D eigenvalue weighted by molar-refractivity contribution is 5.77. The first-order chi connectivity index (χ1) is 4.39. The molecule has 0 aliphatic carbocycles. The van der Waals surface area contributed by atoms with Gasteiger partial charge in [0.2, 0.25) is 5.91 Å². The Hall–Kier alpha value is -0.570. The van der Waals surface area contributed by atoms with E-state index in [4.69, 9.17) is 5.21 Å². The maximum Gasteiger partial charge on any atom is 0.246 e. The van der Waals surface area contributed by atoms with Gasteiger partial charge in [0.25, 0.3) is 0 Å². The van der Waals surface area contributed by atoms with Crippen molar-refractivity contribution in [2.24, 2.45) is 11.3 Å². The van der Waals surface area contributed by atoms with Gasteiger partial charge in [-0.1, -0.05) is 27.7 Å². The molecule has 0 fully saturated rings. The van der Waals surface area contributed by atoms with Gasteiger partial charge in [-0.05, 0) is 5.41 Å². The molecule has 1 unspecified atom stereocenters. The van der Waals surface area contributed by atoms with Crippen LogP contribution in [0.4, 0.5) is 0 Å². The molecule has 0 aliphatic rings. The fourth-order valence-corrected chi connectivity index (χ4v) is 0.490. The summed E-state index contributed by atoms with van der Waals surface area (Å²) in [5, 5.41) is 8.27. The van der Waals surface area contributed by atoms with Crippen molar-refractivity contribution in [3.05, 3.63) is 0 Å². The number of nitrogens with one attached hydrogen (secondary N) is 1. The van der Waals surface area contributed by atoms with Crippen LogP contribution in [0.25, 0.3) is 0 Å². The molecule has 0 rings (SSSR count). The van der Waals surface area contributed by atoms with E-state index in [1.165, 1.54) is 0 Å². The molecule has 0 aromatic heterocycles. The molecule has 0 spiro atoms. The second-order valence-corrected chi connectivity index (χ2v) is 3.56. The zero-order valence-corrected chi connectivity index (χ0v) is 6.93. The smallest absolute Gasteiger partial charge is 0.246 e. The van der Waals surface area contributed by atoms with Crippen molar-refractivity contribution in [2.45, 2.75) is 27.7 Å². The molecule has 0 aromatic rings. The first kappa shape index (κ1) is 9.43. The highest BCUT2D eigenvalue weighted by atomic mass is 16.5. The molecule has 60 valence electrons. The average molecular weight is 145 g/mol. The number of carbonyl (C=O) groups excluding carboxylic acids is 1. The molecular weight excluding hydrogens is 130 g/mol. The molecule has 0 aliphatic heterocycles. The Morgan fingerprint density at radius 3 is 2.00 bits per heavy atom. The molecule has 0 radical (unpaired) electrons. The summed E-state index contributed by atoms with van der Waals surface area (Å²) in [7, 11) is 0. The van der Waals surface area contributed by atoms with Crippen molar-refractivity contribution in [3.63, 3.8) is 0 Å². The Morgan fingerprint density at radius 2 is 1.90 bits per heavy atom. The minimum absolute atomic E-state index is 0.0905. The average Bonchev–Trinajstić information content (AvgIpc) is 1.83.